The van der Waals surface area contributed by atoms with Crippen molar-refractivity contribution in [3.8, 4) is 16.9 Å². The molecule has 3 rings (SSSR count). The van der Waals surface area contributed by atoms with Crippen LogP contribution < -0.4 is 10.2 Å². The first-order chi connectivity index (χ1) is 9.77. The summed E-state index contributed by atoms with van der Waals surface area (Å²) in [4.78, 5) is 2.24. The normalized spacial score (nSPS) is 14.6. The van der Waals surface area contributed by atoms with E-state index in [0.717, 1.165) is 43.0 Å². The van der Waals surface area contributed by atoms with Crippen LogP contribution in [0.3, 0.4) is 0 Å². The number of phenolic OH excluding ortho intramolecular Hbond substituents is 1. The molecule has 1 aliphatic heterocycles. The number of halogens is 2. The van der Waals surface area contributed by atoms with E-state index in [1.807, 2.05) is 24.3 Å². The van der Waals surface area contributed by atoms with Crippen LogP contribution in [0.4, 0.5) is 5.69 Å². The zero-order valence-corrected chi connectivity index (χ0v) is 13.1. The molecule has 0 unspecified atom stereocenters. The van der Waals surface area contributed by atoms with E-state index < -0.39 is 0 Å². The minimum Gasteiger partial charge on any atom is -0.506 e. The lowest BCUT2D eigenvalue weighted by Gasteiger charge is -2.32. The maximum Gasteiger partial charge on any atom is 0.136 e. The van der Waals surface area contributed by atoms with Crippen molar-refractivity contribution in [3.63, 3.8) is 0 Å². The molecule has 0 aliphatic carbocycles. The predicted octanol–water partition coefficient (Wildman–Crippen LogP) is 3.54. The highest BCUT2D eigenvalue weighted by Gasteiger charge is 2.20. The summed E-state index contributed by atoms with van der Waals surface area (Å²) in [5, 5.41) is 13.7. The van der Waals surface area contributed by atoms with Gasteiger partial charge in [-0.25, -0.2) is 0 Å². The summed E-state index contributed by atoms with van der Waals surface area (Å²) in [6.07, 6.45) is 0. The highest BCUT2D eigenvalue weighted by molar-refractivity contribution is 6.35. The van der Waals surface area contributed by atoms with Crippen LogP contribution in [-0.2, 0) is 0 Å². The molecule has 21 heavy (non-hydrogen) atoms. The number of phenols is 1. The van der Waals surface area contributed by atoms with E-state index >= 15 is 0 Å². The molecular formula is C16H18Cl2N2O. The zero-order valence-electron chi connectivity index (χ0n) is 11.6. The van der Waals surface area contributed by atoms with Crippen LogP contribution in [0, 0.1) is 0 Å². The van der Waals surface area contributed by atoms with Gasteiger partial charge in [0.05, 0.1) is 5.69 Å². The molecule has 0 spiro atoms. The maximum atomic E-state index is 9.93. The molecule has 1 fully saturated rings. The van der Waals surface area contributed by atoms with Gasteiger partial charge in [-0.1, -0.05) is 41.9 Å². The van der Waals surface area contributed by atoms with E-state index in [9.17, 15) is 5.11 Å². The average Bonchev–Trinajstić information content (AvgIpc) is 2.51. The van der Waals surface area contributed by atoms with Gasteiger partial charge in [-0.2, -0.15) is 0 Å². The first-order valence-corrected chi connectivity index (χ1v) is 7.18. The molecular weight excluding hydrogens is 307 g/mol. The van der Waals surface area contributed by atoms with Gasteiger partial charge >= 0.3 is 0 Å². The lowest BCUT2D eigenvalue weighted by atomic mass is 10.0. The zero-order chi connectivity index (χ0) is 13.9. The first-order valence-electron chi connectivity index (χ1n) is 6.80. The van der Waals surface area contributed by atoms with Gasteiger partial charge in [-0.3, -0.25) is 0 Å². The van der Waals surface area contributed by atoms with Crippen molar-refractivity contribution in [2.75, 3.05) is 31.1 Å². The molecule has 0 saturated carbocycles. The molecule has 0 aromatic heterocycles. The molecule has 2 aromatic rings. The second kappa shape index (κ2) is 7.03. The third-order valence-electron chi connectivity index (χ3n) is 3.61. The van der Waals surface area contributed by atoms with Gasteiger partial charge in [-0.05, 0) is 17.7 Å². The Labute approximate surface area is 136 Å². The van der Waals surface area contributed by atoms with Crippen molar-refractivity contribution in [1.82, 2.24) is 5.32 Å². The molecule has 0 amide bonds. The molecule has 2 aromatic carbocycles. The van der Waals surface area contributed by atoms with Crippen LogP contribution in [0.25, 0.3) is 11.1 Å². The fourth-order valence-corrected chi connectivity index (χ4v) is 2.89. The summed E-state index contributed by atoms with van der Waals surface area (Å²) in [5.41, 5.74) is 3.11. The highest BCUT2D eigenvalue weighted by atomic mass is 35.5. The van der Waals surface area contributed by atoms with Crippen LogP contribution in [-0.4, -0.2) is 31.3 Å². The number of nitrogens with zero attached hydrogens (tertiary/aromatic N) is 1. The lowest BCUT2D eigenvalue weighted by molar-refractivity contribution is 0.475. The van der Waals surface area contributed by atoms with Crippen molar-refractivity contribution in [2.24, 2.45) is 0 Å². The summed E-state index contributed by atoms with van der Waals surface area (Å²) in [6, 6.07) is 13.7. The van der Waals surface area contributed by atoms with Gasteiger partial charge in [0.2, 0.25) is 0 Å². The van der Waals surface area contributed by atoms with Gasteiger partial charge in [0, 0.05) is 31.7 Å². The maximum absolute atomic E-state index is 9.93. The Morgan fingerprint density at radius 2 is 1.67 bits per heavy atom. The van der Waals surface area contributed by atoms with Gasteiger partial charge in [-0.15, -0.1) is 12.4 Å². The van der Waals surface area contributed by atoms with Crippen LogP contribution in [0.15, 0.2) is 42.5 Å². The molecule has 5 heteroatoms. The van der Waals surface area contributed by atoms with Gasteiger partial charge in [0.25, 0.3) is 0 Å². The van der Waals surface area contributed by atoms with Crippen molar-refractivity contribution in [3.05, 3.63) is 47.5 Å². The number of anilines is 1. The Balaban J connectivity index is 0.00000161. The third kappa shape index (κ3) is 3.26. The molecule has 0 atom stereocenters. The summed E-state index contributed by atoms with van der Waals surface area (Å²) in [7, 11) is 0. The number of nitrogens with one attached hydrogen (secondary N) is 1. The van der Waals surface area contributed by atoms with Crippen LogP contribution in [0.5, 0.6) is 5.75 Å². The molecule has 2 N–H and O–H groups in total. The standard InChI is InChI=1S/C16H17ClN2O.ClH/c17-15-14(20)7-6-13(12-4-2-1-3-5-12)16(15)19-10-8-18-9-11-19;/h1-7,18,20H,8-11H2;1H. The van der Waals surface area contributed by atoms with Gasteiger partial charge in [0.15, 0.2) is 0 Å². The summed E-state index contributed by atoms with van der Waals surface area (Å²) in [6.45, 7) is 3.65. The SMILES string of the molecule is Cl.Oc1ccc(-c2ccccc2)c(N2CCNCC2)c1Cl. The Morgan fingerprint density at radius 1 is 1.00 bits per heavy atom. The second-order valence-electron chi connectivity index (χ2n) is 4.90. The summed E-state index contributed by atoms with van der Waals surface area (Å²) >= 11 is 6.37. The first kappa shape index (κ1) is 16.0. The third-order valence-corrected chi connectivity index (χ3v) is 3.99. The van der Waals surface area contributed by atoms with Gasteiger partial charge < -0.3 is 15.3 Å². The van der Waals surface area contributed by atoms with E-state index in [4.69, 9.17) is 11.6 Å². The van der Waals surface area contributed by atoms with Crippen molar-refractivity contribution >= 4 is 29.7 Å². The highest BCUT2D eigenvalue weighted by Crippen LogP contribution is 2.41. The van der Waals surface area contributed by atoms with Crippen molar-refractivity contribution in [2.45, 2.75) is 0 Å². The fourth-order valence-electron chi connectivity index (χ4n) is 2.60. The van der Waals surface area contributed by atoms with Crippen molar-refractivity contribution in [1.29, 1.82) is 0 Å². The monoisotopic (exact) mass is 324 g/mol. The molecule has 0 bridgehead atoms. The summed E-state index contributed by atoms with van der Waals surface area (Å²) in [5.74, 6) is 0.139. The number of hydrogen-bond donors (Lipinski definition) is 2. The van der Waals surface area contributed by atoms with Crippen LogP contribution in [0.2, 0.25) is 5.02 Å². The fraction of sp³-hybridized carbons (Fsp3) is 0.250. The van der Waals surface area contributed by atoms with Crippen molar-refractivity contribution < 1.29 is 5.11 Å². The Hall–Kier alpha value is -1.42. The Morgan fingerprint density at radius 3 is 2.33 bits per heavy atom. The Kier molecular flexibility index (Phi) is 5.34. The van der Waals surface area contributed by atoms with Crippen LogP contribution in [0.1, 0.15) is 0 Å². The van der Waals surface area contributed by atoms with E-state index in [1.54, 1.807) is 6.07 Å². The molecule has 1 saturated heterocycles. The van der Waals surface area contributed by atoms with E-state index in [1.165, 1.54) is 0 Å². The second-order valence-corrected chi connectivity index (χ2v) is 5.28. The number of piperazine rings is 1. The lowest BCUT2D eigenvalue weighted by Crippen LogP contribution is -2.43. The number of benzene rings is 2. The number of rotatable bonds is 2. The quantitative estimate of drug-likeness (QED) is 0.886. The van der Waals surface area contributed by atoms with E-state index in [-0.39, 0.29) is 18.2 Å². The Bertz CT molecular complexity index is 599. The molecule has 1 heterocycles. The smallest absolute Gasteiger partial charge is 0.136 e. The largest absolute Gasteiger partial charge is 0.506 e. The van der Waals surface area contributed by atoms with Crippen LogP contribution >= 0.6 is 24.0 Å². The minimum atomic E-state index is 0. The minimum absolute atomic E-state index is 0. The van der Waals surface area contributed by atoms with E-state index in [0.29, 0.717) is 5.02 Å². The molecule has 0 radical (unpaired) electrons. The van der Waals surface area contributed by atoms with Gasteiger partial charge in [0.1, 0.15) is 10.8 Å². The molecule has 1 aliphatic rings. The topological polar surface area (TPSA) is 35.5 Å². The number of hydrogen-bond acceptors (Lipinski definition) is 3. The molecule has 112 valence electrons. The summed E-state index contributed by atoms with van der Waals surface area (Å²) < 4.78 is 0. The number of aromatic hydroxyl groups is 1. The average molecular weight is 325 g/mol. The molecule has 3 nitrogen and oxygen atoms in total. The van der Waals surface area contributed by atoms with E-state index in [2.05, 4.69) is 22.3 Å². The predicted molar refractivity (Wildman–Crippen MR) is 90.9 cm³/mol.